The molecular formula is C13H25N5O. The van der Waals surface area contributed by atoms with Gasteiger partial charge in [-0.3, -0.25) is 9.80 Å². The zero-order chi connectivity index (χ0) is 13.5. The Kier molecular flexibility index (Phi) is 5.75. The second-order valence-electron chi connectivity index (χ2n) is 5.18. The summed E-state index contributed by atoms with van der Waals surface area (Å²) in [5.74, 6) is 1.55. The molecule has 1 N–H and O–H groups in total. The Morgan fingerprint density at radius 2 is 2.16 bits per heavy atom. The Labute approximate surface area is 115 Å². The minimum atomic E-state index is 0.757. The molecule has 0 amide bonds. The summed E-state index contributed by atoms with van der Waals surface area (Å²) in [5, 5.41) is 7.39. The van der Waals surface area contributed by atoms with Gasteiger partial charge in [-0.05, 0) is 13.5 Å². The van der Waals surface area contributed by atoms with Crippen LogP contribution in [0.2, 0.25) is 0 Å². The van der Waals surface area contributed by atoms with E-state index in [0.717, 1.165) is 70.4 Å². The first-order chi connectivity index (χ1) is 9.28. The van der Waals surface area contributed by atoms with Crippen molar-refractivity contribution >= 4 is 0 Å². The number of aryl methyl sites for hydroxylation is 1. The summed E-state index contributed by atoms with van der Waals surface area (Å²) < 4.78 is 5.19. The van der Waals surface area contributed by atoms with Gasteiger partial charge in [0.05, 0.1) is 6.54 Å². The number of likely N-dealkylation sites (N-methyl/N-ethyl adjacent to an activating group) is 1. The normalized spacial score (nSPS) is 17.2. The lowest BCUT2D eigenvalue weighted by molar-refractivity contribution is 0.200. The lowest BCUT2D eigenvalue weighted by atomic mass is 10.3. The van der Waals surface area contributed by atoms with Crippen LogP contribution in [0.15, 0.2) is 4.52 Å². The fourth-order valence-corrected chi connectivity index (χ4v) is 2.24. The Balaban J connectivity index is 1.69. The fourth-order valence-electron chi connectivity index (χ4n) is 2.24. The zero-order valence-corrected chi connectivity index (χ0v) is 12.1. The minimum absolute atomic E-state index is 0.757. The van der Waals surface area contributed by atoms with Crippen LogP contribution in [0, 0.1) is 0 Å². The van der Waals surface area contributed by atoms with Crippen LogP contribution >= 0.6 is 0 Å². The van der Waals surface area contributed by atoms with Crippen molar-refractivity contribution in [3.63, 3.8) is 0 Å². The quantitative estimate of drug-likeness (QED) is 0.770. The number of hydrogen-bond donors (Lipinski definition) is 1. The lowest BCUT2D eigenvalue weighted by Crippen LogP contribution is -2.45. The van der Waals surface area contributed by atoms with Crippen molar-refractivity contribution in [1.29, 1.82) is 0 Å². The van der Waals surface area contributed by atoms with E-state index in [4.69, 9.17) is 4.52 Å². The third-order valence-electron chi connectivity index (χ3n) is 3.39. The van der Waals surface area contributed by atoms with Gasteiger partial charge in [0.1, 0.15) is 0 Å². The van der Waals surface area contributed by atoms with Crippen LogP contribution in [0.3, 0.4) is 0 Å². The Morgan fingerprint density at radius 3 is 2.89 bits per heavy atom. The van der Waals surface area contributed by atoms with E-state index in [1.165, 1.54) is 0 Å². The maximum Gasteiger partial charge on any atom is 0.226 e. The molecule has 0 spiro atoms. The zero-order valence-electron chi connectivity index (χ0n) is 12.1. The van der Waals surface area contributed by atoms with E-state index in [1.54, 1.807) is 0 Å². The predicted octanol–water partition coefficient (Wildman–Crippen LogP) is 0.359. The molecular weight excluding hydrogens is 242 g/mol. The van der Waals surface area contributed by atoms with Gasteiger partial charge < -0.3 is 9.84 Å². The Bertz CT molecular complexity index is 362. The van der Waals surface area contributed by atoms with Gasteiger partial charge in [0.25, 0.3) is 0 Å². The number of nitrogens with one attached hydrogen (secondary N) is 1. The molecule has 1 fully saturated rings. The molecule has 1 aromatic heterocycles. The predicted molar refractivity (Wildman–Crippen MR) is 73.9 cm³/mol. The van der Waals surface area contributed by atoms with E-state index in [0.29, 0.717) is 0 Å². The molecule has 19 heavy (non-hydrogen) atoms. The highest BCUT2D eigenvalue weighted by Crippen LogP contribution is 2.03. The number of rotatable bonds is 7. The van der Waals surface area contributed by atoms with Crippen molar-refractivity contribution in [3.8, 4) is 0 Å². The molecule has 0 saturated carbocycles. The molecule has 0 aromatic carbocycles. The molecule has 0 radical (unpaired) electrons. The molecule has 2 heterocycles. The van der Waals surface area contributed by atoms with Crippen molar-refractivity contribution in [1.82, 2.24) is 25.3 Å². The van der Waals surface area contributed by atoms with E-state index < -0.39 is 0 Å². The molecule has 0 bridgehead atoms. The van der Waals surface area contributed by atoms with Crippen LogP contribution in [-0.2, 0) is 13.0 Å². The number of piperazine rings is 1. The topological polar surface area (TPSA) is 57.4 Å². The second kappa shape index (κ2) is 7.57. The van der Waals surface area contributed by atoms with Gasteiger partial charge in [-0.1, -0.05) is 12.1 Å². The van der Waals surface area contributed by atoms with Crippen LogP contribution in [0.1, 0.15) is 25.1 Å². The SMILES string of the molecule is CCCc1nc(CN(C)CCN2CCNCC2)no1. The smallest absolute Gasteiger partial charge is 0.226 e. The van der Waals surface area contributed by atoms with Crippen LogP contribution < -0.4 is 5.32 Å². The maximum absolute atomic E-state index is 5.19. The summed E-state index contributed by atoms with van der Waals surface area (Å²) >= 11 is 0. The first-order valence-electron chi connectivity index (χ1n) is 7.21. The first kappa shape index (κ1) is 14.4. The lowest BCUT2D eigenvalue weighted by Gasteiger charge is -2.28. The summed E-state index contributed by atoms with van der Waals surface area (Å²) in [7, 11) is 2.11. The van der Waals surface area contributed by atoms with Crippen molar-refractivity contribution in [2.45, 2.75) is 26.3 Å². The molecule has 0 atom stereocenters. The van der Waals surface area contributed by atoms with E-state index in [2.05, 4.69) is 39.2 Å². The van der Waals surface area contributed by atoms with Gasteiger partial charge in [-0.2, -0.15) is 4.98 Å². The van der Waals surface area contributed by atoms with E-state index >= 15 is 0 Å². The Morgan fingerprint density at radius 1 is 1.37 bits per heavy atom. The molecule has 0 aliphatic carbocycles. The number of hydrogen-bond acceptors (Lipinski definition) is 6. The van der Waals surface area contributed by atoms with Gasteiger partial charge in [-0.25, -0.2) is 0 Å². The van der Waals surface area contributed by atoms with Crippen molar-refractivity contribution < 1.29 is 4.52 Å². The molecule has 6 heteroatoms. The minimum Gasteiger partial charge on any atom is -0.339 e. The number of nitrogens with zero attached hydrogens (tertiary/aromatic N) is 4. The monoisotopic (exact) mass is 267 g/mol. The van der Waals surface area contributed by atoms with Gasteiger partial charge in [0.15, 0.2) is 5.82 Å². The largest absolute Gasteiger partial charge is 0.339 e. The summed E-state index contributed by atoms with van der Waals surface area (Å²) in [4.78, 5) is 9.14. The summed E-state index contributed by atoms with van der Waals surface area (Å²) in [6, 6.07) is 0. The standard InChI is InChI=1S/C13H25N5O/c1-3-4-13-15-12(16-19-13)11-17(2)9-10-18-7-5-14-6-8-18/h14H,3-11H2,1-2H3. The van der Waals surface area contributed by atoms with Crippen LogP contribution in [0.25, 0.3) is 0 Å². The van der Waals surface area contributed by atoms with Gasteiger partial charge >= 0.3 is 0 Å². The fraction of sp³-hybridized carbons (Fsp3) is 0.846. The molecule has 0 unspecified atom stereocenters. The Hall–Kier alpha value is -0.980. The summed E-state index contributed by atoms with van der Waals surface area (Å²) in [6.45, 7) is 9.54. The molecule has 1 saturated heterocycles. The molecule has 2 rings (SSSR count). The summed E-state index contributed by atoms with van der Waals surface area (Å²) in [5.41, 5.74) is 0. The van der Waals surface area contributed by atoms with Crippen LogP contribution in [0.5, 0.6) is 0 Å². The van der Waals surface area contributed by atoms with Gasteiger partial charge in [0, 0.05) is 45.7 Å². The maximum atomic E-state index is 5.19. The van der Waals surface area contributed by atoms with Gasteiger partial charge in [0.2, 0.25) is 5.89 Å². The van der Waals surface area contributed by atoms with Crippen molar-refractivity contribution in [2.75, 3.05) is 46.3 Å². The highest BCUT2D eigenvalue weighted by molar-refractivity contribution is 4.86. The summed E-state index contributed by atoms with van der Waals surface area (Å²) in [6.07, 6.45) is 1.91. The second-order valence-corrected chi connectivity index (χ2v) is 5.18. The van der Waals surface area contributed by atoms with Crippen LogP contribution in [0.4, 0.5) is 0 Å². The molecule has 108 valence electrons. The molecule has 1 aliphatic rings. The highest BCUT2D eigenvalue weighted by Gasteiger charge is 2.12. The molecule has 1 aliphatic heterocycles. The van der Waals surface area contributed by atoms with Gasteiger partial charge in [-0.15, -0.1) is 0 Å². The highest BCUT2D eigenvalue weighted by atomic mass is 16.5. The molecule has 6 nitrogen and oxygen atoms in total. The van der Waals surface area contributed by atoms with Crippen LogP contribution in [-0.4, -0.2) is 66.3 Å². The van der Waals surface area contributed by atoms with E-state index in [-0.39, 0.29) is 0 Å². The first-order valence-corrected chi connectivity index (χ1v) is 7.21. The third kappa shape index (κ3) is 4.89. The average molecular weight is 267 g/mol. The molecule has 1 aromatic rings. The van der Waals surface area contributed by atoms with Crippen molar-refractivity contribution in [2.24, 2.45) is 0 Å². The average Bonchev–Trinajstić information content (AvgIpc) is 2.85. The van der Waals surface area contributed by atoms with E-state index in [1.807, 2.05) is 0 Å². The van der Waals surface area contributed by atoms with E-state index in [9.17, 15) is 0 Å². The third-order valence-corrected chi connectivity index (χ3v) is 3.39. The number of aromatic nitrogens is 2. The van der Waals surface area contributed by atoms with Crippen molar-refractivity contribution in [3.05, 3.63) is 11.7 Å².